The summed E-state index contributed by atoms with van der Waals surface area (Å²) in [6.45, 7) is 0.346. The first kappa shape index (κ1) is 17.9. The molecule has 2 aromatic carbocycles. The molecule has 0 atom stereocenters. The first-order valence-electron chi connectivity index (χ1n) is 6.84. The Labute approximate surface area is 141 Å². The van der Waals surface area contributed by atoms with Crippen LogP contribution in [0.3, 0.4) is 0 Å². The Bertz CT molecular complexity index is 736. The first-order chi connectivity index (χ1) is 11.3. The van der Waals surface area contributed by atoms with Crippen LogP contribution in [-0.2, 0) is 11.3 Å². The molecule has 0 bridgehead atoms. The van der Waals surface area contributed by atoms with E-state index in [2.05, 4.69) is 5.32 Å². The van der Waals surface area contributed by atoms with E-state index < -0.39 is 12.1 Å². The monoisotopic (exact) mass is 358 g/mol. The molecule has 2 aromatic rings. The van der Waals surface area contributed by atoms with Crippen molar-refractivity contribution in [3.8, 4) is 5.75 Å². The molecule has 0 spiro atoms. The molecule has 2 rings (SSSR count). The minimum atomic E-state index is -4.92. The smallest absolute Gasteiger partial charge is 0.471 e. The predicted octanol–water partition coefficient (Wildman–Crippen LogP) is 4.46. The van der Waals surface area contributed by atoms with Crippen molar-refractivity contribution in [3.63, 3.8) is 0 Å². The number of carbonyl (C=O) groups is 1. The van der Waals surface area contributed by atoms with Gasteiger partial charge in [-0.3, -0.25) is 4.79 Å². The summed E-state index contributed by atoms with van der Waals surface area (Å²) < 4.78 is 41.8. The molecule has 128 valence electrons. The Morgan fingerprint density at radius 1 is 1.17 bits per heavy atom. The van der Waals surface area contributed by atoms with Gasteiger partial charge in [-0.15, -0.1) is 0 Å². The van der Waals surface area contributed by atoms with Crippen LogP contribution in [0.5, 0.6) is 5.75 Å². The van der Waals surface area contributed by atoms with Crippen molar-refractivity contribution in [2.45, 2.75) is 12.7 Å². The Kier molecular flexibility index (Phi) is 5.56. The largest absolute Gasteiger partial charge is 0.495 e. The number of carbonyl (C=O) groups excluding carboxylic acids is 1. The summed E-state index contributed by atoms with van der Waals surface area (Å²) in [6, 6.07) is 11.3. The van der Waals surface area contributed by atoms with E-state index in [1.165, 1.54) is 19.2 Å². The van der Waals surface area contributed by atoms with Gasteiger partial charge in [0, 0.05) is 17.9 Å². The van der Waals surface area contributed by atoms with Gasteiger partial charge in [0.15, 0.2) is 0 Å². The number of hydrogen-bond acceptors (Lipinski definition) is 3. The predicted molar refractivity (Wildman–Crippen MR) is 86.5 cm³/mol. The summed E-state index contributed by atoms with van der Waals surface area (Å²) in [5.74, 6) is -1.46. The number of amides is 1. The highest BCUT2D eigenvalue weighted by Gasteiger charge is 2.38. The molecule has 0 aliphatic rings. The van der Waals surface area contributed by atoms with E-state index in [1.807, 2.05) is 5.32 Å². The Hall–Kier alpha value is -2.41. The number of rotatable bonds is 5. The second-order valence-electron chi connectivity index (χ2n) is 4.86. The van der Waals surface area contributed by atoms with E-state index in [0.29, 0.717) is 22.9 Å². The minimum Gasteiger partial charge on any atom is -0.495 e. The minimum absolute atomic E-state index is 0.0735. The molecule has 0 fully saturated rings. The average molecular weight is 359 g/mol. The summed E-state index contributed by atoms with van der Waals surface area (Å²) in [5, 5.41) is 5.34. The van der Waals surface area contributed by atoms with Crippen molar-refractivity contribution in [1.82, 2.24) is 0 Å². The normalized spacial score (nSPS) is 11.0. The lowest BCUT2D eigenvalue weighted by Crippen LogP contribution is -2.29. The van der Waals surface area contributed by atoms with Crippen LogP contribution >= 0.6 is 11.6 Å². The molecule has 4 nitrogen and oxygen atoms in total. The highest BCUT2D eigenvalue weighted by Crippen LogP contribution is 2.27. The molecule has 0 aromatic heterocycles. The van der Waals surface area contributed by atoms with Crippen molar-refractivity contribution in [2.24, 2.45) is 0 Å². The van der Waals surface area contributed by atoms with Crippen molar-refractivity contribution < 1.29 is 22.7 Å². The third kappa shape index (κ3) is 4.79. The number of alkyl halides is 3. The second-order valence-corrected chi connectivity index (χ2v) is 5.26. The molecule has 0 heterocycles. The van der Waals surface area contributed by atoms with E-state index in [1.54, 1.807) is 30.3 Å². The van der Waals surface area contributed by atoms with E-state index in [4.69, 9.17) is 16.3 Å². The summed E-state index contributed by atoms with van der Waals surface area (Å²) >= 11 is 6.02. The summed E-state index contributed by atoms with van der Waals surface area (Å²) in [7, 11) is 1.51. The highest BCUT2D eigenvalue weighted by atomic mass is 35.5. The van der Waals surface area contributed by atoms with Gasteiger partial charge in [-0.25, -0.2) is 0 Å². The number of nitrogens with one attached hydrogen (secondary N) is 2. The van der Waals surface area contributed by atoms with Gasteiger partial charge in [0.2, 0.25) is 0 Å². The van der Waals surface area contributed by atoms with Crippen LogP contribution < -0.4 is 15.4 Å². The molecule has 0 aliphatic carbocycles. The van der Waals surface area contributed by atoms with Gasteiger partial charge in [0.1, 0.15) is 5.75 Å². The maximum absolute atomic E-state index is 12.3. The molecule has 0 saturated heterocycles. The maximum atomic E-state index is 12.3. The van der Waals surface area contributed by atoms with Crippen molar-refractivity contribution in [3.05, 3.63) is 53.1 Å². The van der Waals surface area contributed by atoms with Gasteiger partial charge in [0.25, 0.3) is 0 Å². The lowest BCUT2D eigenvalue weighted by atomic mass is 10.2. The Morgan fingerprint density at radius 3 is 2.54 bits per heavy atom. The molecule has 0 radical (unpaired) electrons. The molecule has 0 saturated carbocycles. The van der Waals surface area contributed by atoms with Crippen LogP contribution in [0.2, 0.25) is 5.02 Å². The van der Waals surface area contributed by atoms with Crippen molar-refractivity contribution >= 4 is 28.9 Å². The molecular weight excluding hydrogens is 345 g/mol. The van der Waals surface area contributed by atoms with Gasteiger partial charge in [-0.1, -0.05) is 23.7 Å². The van der Waals surface area contributed by atoms with Crippen molar-refractivity contribution in [2.75, 3.05) is 17.7 Å². The SMILES string of the molecule is COc1ccc(NCc2cccc(NC(=O)C(F)(F)F)c2)cc1Cl. The molecule has 0 aliphatic heterocycles. The third-order valence-electron chi connectivity index (χ3n) is 3.09. The third-order valence-corrected chi connectivity index (χ3v) is 3.39. The second kappa shape index (κ2) is 7.44. The zero-order valence-electron chi connectivity index (χ0n) is 12.6. The zero-order valence-corrected chi connectivity index (χ0v) is 13.3. The molecule has 1 amide bonds. The van der Waals surface area contributed by atoms with Crippen LogP contribution in [0.1, 0.15) is 5.56 Å². The van der Waals surface area contributed by atoms with Gasteiger partial charge in [-0.05, 0) is 35.9 Å². The molecule has 2 N–H and O–H groups in total. The van der Waals surface area contributed by atoms with E-state index in [9.17, 15) is 18.0 Å². The number of halogens is 4. The van der Waals surface area contributed by atoms with E-state index in [0.717, 1.165) is 5.69 Å². The van der Waals surface area contributed by atoms with Crippen LogP contribution in [0.25, 0.3) is 0 Å². The van der Waals surface area contributed by atoms with Gasteiger partial charge in [-0.2, -0.15) is 13.2 Å². The Balaban J connectivity index is 2.02. The van der Waals surface area contributed by atoms with Crippen LogP contribution in [-0.4, -0.2) is 19.2 Å². The highest BCUT2D eigenvalue weighted by molar-refractivity contribution is 6.32. The summed E-state index contributed by atoms with van der Waals surface area (Å²) in [5.41, 5.74) is 1.50. The van der Waals surface area contributed by atoms with Gasteiger partial charge in [0.05, 0.1) is 12.1 Å². The fourth-order valence-corrected chi connectivity index (χ4v) is 2.20. The van der Waals surface area contributed by atoms with Crippen LogP contribution in [0, 0.1) is 0 Å². The standard InChI is InChI=1S/C16H14ClF3N2O2/c1-24-14-6-5-11(8-13(14)17)21-9-10-3-2-4-12(7-10)22-15(23)16(18,19)20/h2-8,21H,9H2,1H3,(H,22,23). The first-order valence-corrected chi connectivity index (χ1v) is 7.22. The molecule has 0 unspecified atom stereocenters. The molecule has 24 heavy (non-hydrogen) atoms. The number of hydrogen-bond donors (Lipinski definition) is 2. The zero-order chi connectivity index (χ0) is 17.7. The van der Waals surface area contributed by atoms with Crippen LogP contribution in [0.15, 0.2) is 42.5 Å². The van der Waals surface area contributed by atoms with Gasteiger partial charge < -0.3 is 15.4 Å². The maximum Gasteiger partial charge on any atom is 0.471 e. The van der Waals surface area contributed by atoms with Gasteiger partial charge >= 0.3 is 12.1 Å². The molecule has 8 heteroatoms. The summed E-state index contributed by atoms with van der Waals surface area (Å²) in [4.78, 5) is 10.9. The van der Waals surface area contributed by atoms with Crippen molar-refractivity contribution in [1.29, 1.82) is 0 Å². The molecular formula is C16H14ClF3N2O2. The average Bonchev–Trinajstić information content (AvgIpc) is 2.52. The summed E-state index contributed by atoms with van der Waals surface area (Å²) in [6.07, 6.45) is -4.92. The van der Waals surface area contributed by atoms with E-state index >= 15 is 0 Å². The quantitative estimate of drug-likeness (QED) is 0.829. The topological polar surface area (TPSA) is 50.4 Å². The lowest BCUT2D eigenvalue weighted by molar-refractivity contribution is -0.167. The number of methoxy groups -OCH3 is 1. The fraction of sp³-hybridized carbons (Fsp3) is 0.188. The van der Waals surface area contributed by atoms with Crippen LogP contribution in [0.4, 0.5) is 24.5 Å². The number of benzene rings is 2. The fourth-order valence-electron chi connectivity index (χ4n) is 1.94. The lowest BCUT2D eigenvalue weighted by Gasteiger charge is -2.11. The number of anilines is 2. The Morgan fingerprint density at radius 2 is 1.92 bits per heavy atom. The number of ether oxygens (including phenoxy) is 1. The van der Waals surface area contributed by atoms with E-state index in [-0.39, 0.29) is 5.69 Å².